The molecule has 0 fully saturated rings. The molecule has 1 aliphatic rings. The van der Waals surface area contributed by atoms with E-state index in [0.717, 1.165) is 6.42 Å². The molecule has 0 aliphatic heterocycles. The van der Waals surface area contributed by atoms with Gasteiger partial charge in [-0.2, -0.15) is 0 Å². The molecule has 0 aromatic rings. The Bertz CT molecular complexity index is 384. The van der Waals surface area contributed by atoms with Crippen molar-refractivity contribution < 1.29 is 17.1 Å². The number of nitrogens with one attached hydrogen (secondary N) is 3. The summed E-state index contributed by atoms with van der Waals surface area (Å²) < 4.78 is 14.2. The van der Waals surface area contributed by atoms with Crippen LogP contribution in [0, 0.1) is 0 Å². The first kappa shape index (κ1) is 19.8. The van der Waals surface area contributed by atoms with Crippen LogP contribution in [0.2, 0.25) is 11.5 Å². The summed E-state index contributed by atoms with van der Waals surface area (Å²) in [6.45, 7) is 13.8. The van der Waals surface area contributed by atoms with Gasteiger partial charge in [-0.15, -0.1) is 0 Å². The zero-order valence-corrected chi connectivity index (χ0v) is 20.1. The third-order valence-corrected chi connectivity index (χ3v) is 62.4. The van der Waals surface area contributed by atoms with Crippen molar-refractivity contribution in [2.24, 2.45) is 0 Å². The van der Waals surface area contributed by atoms with E-state index in [2.05, 4.69) is 81.1 Å². The summed E-state index contributed by atoms with van der Waals surface area (Å²) in [5.41, 5.74) is 0. The Morgan fingerprint density at radius 2 is 1.33 bits per heavy atom. The number of allylic oxidation sites excluding steroid dienone is 4. The molecule has 0 aromatic heterocycles. The molecule has 123 valence electrons. The van der Waals surface area contributed by atoms with Crippen LogP contribution in [0.4, 0.5) is 0 Å². The van der Waals surface area contributed by atoms with Crippen LogP contribution in [0.25, 0.3) is 0 Å². The third kappa shape index (κ3) is 4.20. The molecule has 5 heteroatoms. The van der Waals surface area contributed by atoms with Crippen LogP contribution in [-0.4, -0.2) is 28.7 Å². The quantitative estimate of drug-likeness (QED) is 0.514. The third-order valence-electron chi connectivity index (χ3n) is 4.36. The number of hydrogen-bond donors (Lipinski definition) is 3. The summed E-state index contributed by atoms with van der Waals surface area (Å²) in [6.07, 6.45) is 8.09. The fraction of sp³-hybridized carbons (Fsp3) is 0.750. The molecule has 1 rings (SSSR count). The summed E-state index contributed by atoms with van der Waals surface area (Å²) in [7, 11) is -1.56. The van der Waals surface area contributed by atoms with E-state index in [9.17, 15) is 0 Å². The van der Waals surface area contributed by atoms with Gasteiger partial charge in [-0.1, -0.05) is 0 Å². The first-order valence-corrected chi connectivity index (χ1v) is 26.8. The van der Waals surface area contributed by atoms with E-state index in [-0.39, 0.29) is 0 Å². The molecule has 0 bridgehead atoms. The van der Waals surface area contributed by atoms with Crippen molar-refractivity contribution in [1.82, 2.24) is 9.78 Å². The summed E-state index contributed by atoms with van der Waals surface area (Å²) in [4.78, 5) is 0. The van der Waals surface area contributed by atoms with Gasteiger partial charge in [-0.25, -0.2) is 0 Å². The Hall–Kier alpha value is 0.786. The van der Waals surface area contributed by atoms with Gasteiger partial charge in [-0.3, -0.25) is 0 Å². The first-order chi connectivity index (χ1) is 9.63. The van der Waals surface area contributed by atoms with E-state index in [4.69, 9.17) is 0 Å². The molecule has 0 unspecified atom stereocenters. The van der Waals surface area contributed by atoms with Crippen LogP contribution in [0.1, 0.15) is 48.0 Å². The molecule has 0 spiro atoms. The van der Waals surface area contributed by atoms with Gasteiger partial charge in [0.25, 0.3) is 0 Å². The molecule has 3 N–H and O–H groups in total. The zero-order chi connectivity index (χ0) is 16.3. The van der Waals surface area contributed by atoms with Crippen molar-refractivity contribution in [1.29, 1.82) is 0 Å². The molecule has 21 heavy (non-hydrogen) atoms. The molecule has 0 amide bonds. The standard InChI is InChI=1S/C5H5.3C3H8N.C2H7Ge.Zr/c1-2-4-5-3-1;3*1-3(2)4;1-3-2;/h1-3H,4H2;3*3-4H,1-2H3;3H,1-2H3;/q;3*-1;;+3. The van der Waals surface area contributed by atoms with Crippen LogP contribution < -0.4 is 9.78 Å². The summed E-state index contributed by atoms with van der Waals surface area (Å²) in [5.74, 6) is 5.13. The van der Waals surface area contributed by atoms with Gasteiger partial charge in [0, 0.05) is 0 Å². The van der Waals surface area contributed by atoms with Crippen molar-refractivity contribution in [2.45, 2.75) is 77.6 Å². The van der Waals surface area contributed by atoms with Crippen LogP contribution in [0.5, 0.6) is 0 Å². The normalized spacial score (nSPS) is 17.9. The van der Waals surface area contributed by atoms with E-state index in [0.29, 0.717) is 18.1 Å². The van der Waals surface area contributed by atoms with Gasteiger partial charge >= 0.3 is 137 Å². The topological polar surface area (TPSA) is 36.1 Å². The second-order valence-corrected chi connectivity index (χ2v) is 51.9. The SMILES string of the molecule is CC(C)[NH][Zr]([NH]C(C)C)([NH]C(C)C)([C]1=CC=CC1)[GeH]([CH3])[CH3]. The summed E-state index contributed by atoms with van der Waals surface area (Å²) in [6, 6.07) is 1.51. The van der Waals surface area contributed by atoms with Crippen molar-refractivity contribution in [3.05, 3.63) is 21.5 Å². The van der Waals surface area contributed by atoms with Crippen LogP contribution in [0.3, 0.4) is 0 Å². The number of hydrogen-bond acceptors (Lipinski definition) is 3. The van der Waals surface area contributed by atoms with Gasteiger partial charge in [0.2, 0.25) is 0 Å². The summed E-state index contributed by atoms with van der Waals surface area (Å²) in [5, 5.41) is 0. The van der Waals surface area contributed by atoms with E-state index in [1.165, 1.54) is 0 Å². The molecule has 0 radical (unpaired) electrons. The molecule has 3 nitrogen and oxygen atoms in total. The monoisotopic (exact) mass is 434 g/mol. The second kappa shape index (κ2) is 7.57. The average Bonchev–Trinajstić information content (AvgIpc) is 2.79. The molecule has 1 aliphatic carbocycles. The molecule has 0 saturated carbocycles. The minimum atomic E-state index is -3.56. The van der Waals surface area contributed by atoms with E-state index in [1.807, 2.05) is 0 Å². The number of rotatable bonds is 8. The van der Waals surface area contributed by atoms with Crippen LogP contribution in [0.15, 0.2) is 21.5 Å². The minimum absolute atomic E-state index is 0.502. The van der Waals surface area contributed by atoms with E-state index < -0.39 is 27.7 Å². The molecule has 0 aromatic carbocycles. The molecule has 0 atom stereocenters. The summed E-state index contributed by atoms with van der Waals surface area (Å²) >= 11 is -3.56. The first-order valence-electron chi connectivity index (χ1n) is 8.49. The predicted molar refractivity (Wildman–Crippen MR) is 95.5 cm³/mol. The van der Waals surface area contributed by atoms with Crippen molar-refractivity contribution in [3.63, 3.8) is 0 Å². The maximum absolute atomic E-state index is 4.17. The zero-order valence-electron chi connectivity index (χ0n) is 15.2. The van der Waals surface area contributed by atoms with Crippen molar-refractivity contribution >= 4 is 10.6 Å². The fourth-order valence-corrected chi connectivity index (χ4v) is 58.1. The fourth-order valence-electron chi connectivity index (χ4n) is 3.91. The van der Waals surface area contributed by atoms with E-state index >= 15 is 0 Å². The Balaban J connectivity index is 3.50. The van der Waals surface area contributed by atoms with Crippen LogP contribution in [-0.2, 0) is 17.1 Å². The van der Waals surface area contributed by atoms with Gasteiger partial charge in [0.1, 0.15) is 0 Å². The van der Waals surface area contributed by atoms with Gasteiger partial charge in [0.05, 0.1) is 0 Å². The Labute approximate surface area is 136 Å². The van der Waals surface area contributed by atoms with Crippen LogP contribution >= 0.6 is 0 Å². The van der Waals surface area contributed by atoms with Crippen molar-refractivity contribution in [3.8, 4) is 0 Å². The van der Waals surface area contributed by atoms with Gasteiger partial charge in [-0.05, 0) is 0 Å². The molecular formula is C16H36GeN3Zr. The van der Waals surface area contributed by atoms with Crippen molar-refractivity contribution in [2.75, 3.05) is 0 Å². The van der Waals surface area contributed by atoms with Gasteiger partial charge < -0.3 is 0 Å². The Kier molecular flexibility index (Phi) is 7.15. The average molecular weight is 434 g/mol. The second-order valence-electron chi connectivity index (χ2n) is 7.70. The predicted octanol–water partition coefficient (Wildman–Crippen LogP) is 3.24. The Morgan fingerprint density at radius 1 is 0.905 bits per heavy atom. The molecular weight excluding hydrogens is 398 g/mol. The Morgan fingerprint density at radius 3 is 1.57 bits per heavy atom. The molecule has 0 saturated heterocycles. The maximum atomic E-state index is 4.17. The molecule has 0 heterocycles. The van der Waals surface area contributed by atoms with Gasteiger partial charge in [0.15, 0.2) is 0 Å². The van der Waals surface area contributed by atoms with E-state index in [1.54, 1.807) is 3.28 Å².